The van der Waals surface area contributed by atoms with Gasteiger partial charge in [0.2, 0.25) is 0 Å². The summed E-state index contributed by atoms with van der Waals surface area (Å²) >= 11 is 1.73. The number of hydrogen-bond donors (Lipinski definition) is 0. The number of ether oxygens (including phenoxy) is 1. The smallest absolute Gasteiger partial charge is 0.142 e. The van der Waals surface area contributed by atoms with Crippen LogP contribution >= 0.6 is 11.3 Å². The highest BCUT2D eigenvalue weighted by atomic mass is 32.1. The van der Waals surface area contributed by atoms with Gasteiger partial charge in [-0.2, -0.15) is 5.10 Å². The van der Waals surface area contributed by atoms with Gasteiger partial charge in [0, 0.05) is 29.8 Å². The third kappa shape index (κ3) is 4.12. The molecule has 0 N–H and O–H groups in total. The zero-order valence-electron chi connectivity index (χ0n) is 15.3. The number of rotatable bonds is 7. The van der Waals surface area contributed by atoms with Crippen molar-refractivity contribution in [3.8, 4) is 5.75 Å². The normalized spacial score (nSPS) is 11.4. The molecule has 2 aromatic heterocycles. The maximum atomic E-state index is 6.24. The van der Waals surface area contributed by atoms with Gasteiger partial charge in [-0.15, -0.1) is 11.3 Å². The molecule has 3 nitrogen and oxygen atoms in total. The van der Waals surface area contributed by atoms with Crippen molar-refractivity contribution in [2.45, 2.75) is 19.9 Å². The van der Waals surface area contributed by atoms with Gasteiger partial charge >= 0.3 is 0 Å². The molecule has 0 saturated heterocycles. The Morgan fingerprint density at radius 1 is 1.11 bits per heavy atom. The van der Waals surface area contributed by atoms with E-state index in [9.17, 15) is 0 Å². The van der Waals surface area contributed by atoms with E-state index >= 15 is 0 Å². The summed E-state index contributed by atoms with van der Waals surface area (Å²) in [7, 11) is 0. The van der Waals surface area contributed by atoms with E-state index < -0.39 is 0 Å². The summed E-state index contributed by atoms with van der Waals surface area (Å²) in [4.78, 5) is 1.20. The van der Waals surface area contributed by atoms with Crippen LogP contribution in [0.5, 0.6) is 5.75 Å². The Labute approximate surface area is 163 Å². The molecule has 0 spiro atoms. The first-order valence-corrected chi connectivity index (χ1v) is 10.0. The quantitative estimate of drug-likeness (QED) is 0.409. The molecule has 136 valence electrons. The van der Waals surface area contributed by atoms with E-state index in [1.165, 1.54) is 21.2 Å². The van der Waals surface area contributed by atoms with E-state index in [4.69, 9.17) is 4.74 Å². The van der Waals surface area contributed by atoms with Crippen LogP contribution in [0.25, 0.3) is 16.8 Å². The third-order valence-corrected chi connectivity index (χ3v) is 5.48. The van der Waals surface area contributed by atoms with Crippen molar-refractivity contribution in [3.63, 3.8) is 0 Å². The minimum atomic E-state index is 0.658. The second kappa shape index (κ2) is 8.23. The number of allylic oxidation sites excluding steroid dienone is 1. The van der Waals surface area contributed by atoms with Gasteiger partial charge in [-0.3, -0.25) is 4.68 Å². The molecule has 0 radical (unpaired) electrons. The van der Waals surface area contributed by atoms with Gasteiger partial charge in [0.05, 0.1) is 18.0 Å². The molecular weight excluding hydrogens is 352 g/mol. The molecule has 27 heavy (non-hydrogen) atoms. The average molecular weight is 375 g/mol. The van der Waals surface area contributed by atoms with E-state index in [1.807, 2.05) is 23.9 Å². The van der Waals surface area contributed by atoms with Gasteiger partial charge in [0.25, 0.3) is 0 Å². The fourth-order valence-electron chi connectivity index (χ4n) is 3.18. The van der Waals surface area contributed by atoms with Crippen LogP contribution in [0.1, 0.15) is 22.9 Å². The lowest BCUT2D eigenvalue weighted by Crippen LogP contribution is -2.05. The van der Waals surface area contributed by atoms with Gasteiger partial charge in [0.15, 0.2) is 0 Å². The first-order valence-electron chi connectivity index (χ1n) is 9.14. The summed E-state index contributed by atoms with van der Waals surface area (Å²) in [6, 6.07) is 17.0. The lowest BCUT2D eigenvalue weighted by molar-refractivity contribution is 0.319. The molecule has 4 aromatic rings. The van der Waals surface area contributed by atoms with Crippen molar-refractivity contribution in [3.05, 3.63) is 88.4 Å². The molecule has 0 aliphatic rings. The van der Waals surface area contributed by atoms with Gasteiger partial charge in [-0.25, -0.2) is 0 Å². The summed E-state index contributed by atoms with van der Waals surface area (Å²) in [6.45, 7) is 3.43. The topological polar surface area (TPSA) is 27.1 Å². The second-order valence-corrected chi connectivity index (χ2v) is 7.39. The molecule has 0 amide bonds. The zero-order chi connectivity index (χ0) is 18.5. The van der Waals surface area contributed by atoms with Crippen molar-refractivity contribution < 1.29 is 4.74 Å². The second-order valence-electron chi connectivity index (χ2n) is 6.43. The molecule has 0 bridgehead atoms. The fraction of sp³-hybridized carbons (Fsp3) is 0.174. The van der Waals surface area contributed by atoms with E-state index in [0.29, 0.717) is 6.61 Å². The molecule has 0 atom stereocenters. The first-order chi connectivity index (χ1) is 13.3. The van der Waals surface area contributed by atoms with Crippen LogP contribution in [0.4, 0.5) is 0 Å². The highest BCUT2D eigenvalue weighted by Crippen LogP contribution is 2.33. The minimum absolute atomic E-state index is 0.658. The monoisotopic (exact) mass is 374 g/mol. The summed E-state index contributed by atoms with van der Waals surface area (Å²) in [5.41, 5.74) is 2.44. The fourth-order valence-corrected chi connectivity index (χ4v) is 4.12. The summed E-state index contributed by atoms with van der Waals surface area (Å²) < 4.78 is 8.18. The number of thiophene rings is 1. The number of fused-ring (bicyclic) bond motifs is 1. The Morgan fingerprint density at radius 2 is 2.00 bits per heavy atom. The van der Waals surface area contributed by atoms with Crippen LogP contribution < -0.4 is 4.74 Å². The van der Waals surface area contributed by atoms with Crippen LogP contribution in [-0.2, 0) is 13.0 Å². The molecule has 0 aliphatic heterocycles. The maximum absolute atomic E-state index is 6.24. The van der Waals surface area contributed by atoms with Crippen LogP contribution in [0.15, 0.2) is 72.4 Å². The molecule has 4 rings (SSSR count). The maximum Gasteiger partial charge on any atom is 0.142 e. The lowest BCUT2D eigenvalue weighted by atomic mass is 10.1. The van der Waals surface area contributed by atoms with Crippen molar-refractivity contribution in [2.75, 3.05) is 6.61 Å². The predicted octanol–water partition coefficient (Wildman–Crippen LogP) is 5.80. The van der Waals surface area contributed by atoms with E-state index in [1.54, 1.807) is 17.5 Å². The van der Waals surface area contributed by atoms with Crippen LogP contribution in [0.3, 0.4) is 0 Å². The van der Waals surface area contributed by atoms with Crippen molar-refractivity contribution in [2.24, 2.45) is 0 Å². The zero-order valence-corrected chi connectivity index (χ0v) is 16.2. The van der Waals surface area contributed by atoms with Gasteiger partial charge in [0.1, 0.15) is 5.75 Å². The molecule has 0 aliphatic carbocycles. The molecule has 0 unspecified atom stereocenters. The number of benzene rings is 2. The van der Waals surface area contributed by atoms with Crippen molar-refractivity contribution in [1.82, 2.24) is 9.78 Å². The van der Waals surface area contributed by atoms with Crippen LogP contribution in [-0.4, -0.2) is 16.4 Å². The third-order valence-electron chi connectivity index (χ3n) is 4.51. The molecule has 4 heteroatoms. The molecule has 2 heterocycles. The molecule has 2 aromatic carbocycles. The van der Waals surface area contributed by atoms with Crippen molar-refractivity contribution in [1.29, 1.82) is 0 Å². The van der Waals surface area contributed by atoms with Crippen molar-refractivity contribution >= 4 is 28.2 Å². The predicted molar refractivity (Wildman–Crippen MR) is 114 cm³/mol. The van der Waals surface area contributed by atoms with Gasteiger partial charge in [-0.1, -0.05) is 54.6 Å². The Bertz CT molecular complexity index is 1050. The number of nitrogens with zero attached hydrogens (tertiary/aromatic N) is 2. The molecular formula is C23H22N2OS. The van der Waals surface area contributed by atoms with E-state index in [-0.39, 0.29) is 0 Å². The summed E-state index contributed by atoms with van der Waals surface area (Å²) in [5.74, 6) is 0.981. The van der Waals surface area contributed by atoms with E-state index in [0.717, 1.165) is 24.3 Å². The number of hydrogen-bond acceptors (Lipinski definition) is 3. The SMILES string of the molecule is C/C=C/c1csc(Cn2cccn2)c1OCCc1ccc2ccccc2c1. The Kier molecular flexibility index (Phi) is 5.35. The first kappa shape index (κ1) is 17.6. The molecule has 0 saturated carbocycles. The Hall–Kier alpha value is -2.85. The largest absolute Gasteiger partial charge is 0.491 e. The number of aromatic nitrogens is 2. The summed E-state index contributed by atoms with van der Waals surface area (Å²) in [6.07, 6.45) is 8.83. The van der Waals surface area contributed by atoms with Crippen LogP contribution in [0, 0.1) is 0 Å². The minimum Gasteiger partial charge on any atom is -0.491 e. The summed E-state index contributed by atoms with van der Waals surface area (Å²) in [5, 5.41) is 9.02. The van der Waals surface area contributed by atoms with Gasteiger partial charge in [-0.05, 0) is 29.3 Å². The Morgan fingerprint density at radius 3 is 2.81 bits per heavy atom. The van der Waals surface area contributed by atoms with Gasteiger partial charge < -0.3 is 4.74 Å². The average Bonchev–Trinajstić information content (AvgIpc) is 3.33. The Balaban J connectivity index is 1.48. The standard InChI is InChI=1S/C23H22N2OS/c1-2-6-21-17-27-22(16-25-13-5-12-24-25)23(21)26-14-11-18-9-10-19-7-3-4-8-20(19)15-18/h2-10,12-13,15,17H,11,14,16H2,1H3/b6-2+. The highest BCUT2D eigenvalue weighted by molar-refractivity contribution is 7.10. The van der Waals surface area contributed by atoms with Crippen LogP contribution in [0.2, 0.25) is 0 Å². The van der Waals surface area contributed by atoms with E-state index in [2.05, 4.69) is 65.1 Å². The molecule has 0 fully saturated rings. The highest BCUT2D eigenvalue weighted by Gasteiger charge is 2.12. The lowest BCUT2D eigenvalue weighted by Gasteiger charge is -2.10.